The predicted molar refractivity (Wildman–Crippen MR) is 93.3 cm³/mol. The summed E-state index contributed by atoms with van der Waals surface area (Å²) in [6, 6.07) is 9.56. The monoisotopic (exact) mass is 309 g/mol. The van der Waals surface area contributed by atoms with Gasteiger partial charge in [0.1, 0.15) is 17.5 Å². The van der Waals surface area contributed by atoms with Gasteiger partial charge in [0, 0.05) is 18.4 Å². The van der Waals surface area contributed by atoms with E-state index < -0.39 is 0 Å². The fraction of sp³-hybridized carbons (Fsp3) is 0.235. The smallest absolute Gasteiger partial charge is 0.259 e. The zero-order valence-corrected chi connectivity index (χ0v) is 13.1. The minimum absolute atomic E-state index is 0.148. The Balaban J connectivity index is 2.08. The van der Waals surface area contributed by atoms with E-state index >= 15 is 0 Å². The van der Waals surface area contributed by atoms with Gasteiger partial charge in [-0.3, -0.25) is 4.79 Å². The van der Waals surface area contributed by atoms with E-state index in [1.165, 1.54) is 0 Å². The summed E-state index contributed by atoms with van der Waals surface area (Å²) in [5.74, 6) is 1.93. The number of aromatic amines is 1. The summed E-state index contributed by atoms with van der Waals surface area (Å²) in [5, 5.41) is 7.88. The summed E-state index contributed by atoms with van der Waals surface area (Å²) >= 11 is 0. The third-order valence-corrected chi connectivity index (χ3v) is 3.67. The summed E-state index contributed by atoms with van der Waals surface area (Å²) in [6.07, 6.45) is 4.29. The molecule has 3 aromatic heterocycles. The van der Waals surface area contributed by atoms with Gasteiger partial charge < -0.3 is 15.6 Å². The quantitative estimate of drug-likeness (QED) is 0.674. The van der Waals surface area contributed by atoms with E-state index in [0.717, 1.165) is 11.8 Å². The van der Waals surface area contributed by atoms with Crippen molar-refractivity contribution < 1.29 is 0 Å². The van der Waals surface area contributed by atoms with Gasteiger partial charge in [-0.2, -0.15) is 0 Å². The van der Waals surface area contributed by atoms with Crippen LogP contribution >= 0.6 is 0 Å². The van der Waals surface area contributed by atoms with Gasteiger partial charge in [-0.05, 0) is 43.0 Å². The Morgan fingerprint density at radius 3 is 2.87 bits per heavy atom. The van der Waals surface area contributed by atoms with E-state index in [2.05, 4.69) is 39.4 Å². The zero-order valence-electron chi connectivity index (χ0n) is 13.1. The SMILES string of the molecule is CC[C@H](C)Nc1nc(Nc2ccccn2)cc2cc[nH]c(=O)c12. The molecule has 0 fully saturated rings. The Hall–Kier alpha value is -2.89. The Kier molecular flexibility index (Phi) is 4.23. The van der Waals surface area contributed by atoms with Gasteiger partial charge in [-0.1, -0.05) is 13.0 Å². The number of aromatic nitrogens is 3. The Morgan fingerprint density at radius 1 is 1.26 bits per heavy atom. The van der Waals surface area contributed by atoms with Crippen molar-refractivity contribution in [3.05, 3.63) is 53.1 Å². The van der Waals surface area contributed by atoms with Crippen LogP contribution in [0, 0.1) is 0 Å². The standard InChI is InChI=1S/C17H19N5O/c1-3-11(2)20-16-15-12(7-9-19-17(15)23)10-14(22-16)21-13-6-4-5-8-18-13/h4-11H,3H2,1-2H3,(H,19,23)(H2,18,20,21,22)/t11-/m0/s1. The molecule has 0 amide bonds. The van der Waals surface area contributed by atoms with Gasteiger partial charge in [-0.25, -0.2) is 9.97 Å². The lowest BCUT2D eigenvalue weighted by molar-refractivity contribution is 0.760. The van der Waals surface area contributed by atoms with Gasteiger partial charge in [0.25, 0.3) is 5.56 Å². The number of anilines is 3. The van der Waals surface area contributed by atoms with Gasteiger partial charge in [0.05, 0.1) is 5.39 Å². The molecule has 0 spiro atoms. The van der Waals surface area contributed by atoms with E-state index in [1.54, 1.807) is 12.4 Å². The topological polar surface area (TPSA) is 82.7 Å². The average Bonchev–Trinajstić information content (AvgIpc) is 2.55. The lowest BCUT2D eigenvalue weighted by Crippen LogP contribution is -2.18. The molecule has 6 heteroatoms. The van der Waals surface area contributed by atoms with Crippen molar-refractivity contribution in [1.82, 2.24) is 15.0 Å². The second-order valence-corrected chi connectivity index (χ2v) is 5.42. The molecule has 118 valence electrons. The average molecular weight is 309 g/mol. The van der Waals surface area contributed by atoms with Crippen LogP contribution in [0.4, 0.5) is 17.5 Å². The molecule has 0 bridgehead atoms. The summed E-state index contributed by atoms with van der Waals surface area (Å²) in [5.41, 5.74) is -0.148. The third-order valence-electron chi connectivity index (χ3n) is 3.67. The molecule has 0 aromatic carbocycles. The van der Waals surface area contributed by atoms with E-state index in [9.17, 15) is 4.79 Å². The van der Waals surface area contributed by atoms with Crippen LogP contribution in [0.5, 0.6) is 0 Å². The molecule has 3 N–H and O–H groups in total. The molecule has 3 rings (SSSR count). The van der Waals surface area contributed by atoms with Gasteiger partial charge in [-0.15, -0.1) is 0 Å². The van der Waals surface area contributed by atoms with Crippen LogP contribution < -0.4 is 16.2 Å². The van der Waals surface area contributed by atoms with Crippen LogP contribution in [0.1, 0.15) is 20.3 Å². The van der Waals surface area contributed by atoms with Crippen LogP contribution in [-0.2, 0) is 0 Å². The molecule has 0 saturated carbocycles. The largest absolute Gasteiger partial charge is 0.367 e. The Bertz CT molecular complexity index is 860. The summed E-state index contributed by atoms with van der Waals surface area (Å²) in [6.45, 7) is 4.14. The number of hydrogen-bond acceptors (Lipinski definition) is 5. The predicted octanol–water partition coefficient (Wildman–Crippen LogP) is 3.27. The van der Waals surface area contributed by atoms with Crippen molar-refractivity contribution in [2.45, 2.75) is 26.3 Å². The van der Waals surface area contributed by atoms with Crippen LogP contribution in [0.2, 0.25) is 0 Å². The molecule has 6 nitrogen and oxygen atoms in total. The first kappa shape index (κ1) is 15.0. The molecule has 0 unspecified atom stereocenters. The van der Waals surface area contributed by atoms with Crippen LogP contribution in [0.15, 0.2) is 47.5 Å². The summed E-state index contributed by atoms with van der Waals surface area (Å²) in [4.78, 5) is 23.7. The molecule has 0 aliphatic heterocycles. The molecule has 3 heterocycles. The van der Waals surface area contributed by atoms with E-state index in [-0.39, 0.29) is 11.6 Å². The van der Waals surface area contributed by atoms with E-state index in [4.69, 9.17) is 0 Å². The first-order valence-corrected chi connectivity index (χ1v) is 7.64. The second-order valence-electron chi connectivity index (χ2n) is 5.42. The molecule has 0 aliphatic carbocycles. The van der Waals surface area contributed by atoms with Crippen LogP contribution in [0.25, 0.3) is 10.8 Å². The van der Waals surface area contributed by atoms with Crippen LogP contribution in [-0.4, -0.2) is 21.0 Å². The van der Waals surface area contributed by atoms with E-state index in [1.807, 2.05) is 30.3 Å². The molecule has 1 atom stereocenters. The minimum atomic E-state index is -0.148. The molecule has 0 radical (unpaired) electrons. The first-order chi connectivity index (χ1) is 11.2. The molecule has 23 heavy (non-hydrogen) atoms. The lowest BCUT2D eigenvalue weighted by atomic mass is 10.2. The molecule has 0 aliphatic rings. The van der Waals surface area contributed by atoms with E-state index in [0.29, 0.717) is 22.8 Å². The number of hydrogen-bond donors (Lipinski definition) is 3. The summed E-state index contributed by atoms with van der Waals surface area (Å²) < 4.78 is 0. The van der Waals surface area contributed by atoms with Crippen molar-refractivity contribution in [3.63, 3.8) is 0 Å². The van der Waals surface area contributed by atoms with Gasteiger partial charge >= 0.3 is 0 Å². The summed E-state index contributed by atoms with van der Waals surface area (Å²) in [7, 11) is 0. The van der Waals surface area contributed by atoms with Crippen molar-refractivity contribution in [2.75, 3.05) is 10.6 Å². The number of nitrogens with zero attached hydrogens (tertiary/aromatic N) is 2. The van der Waals surface area contributed by atoms with Gasteiger partial charge in [0.15, 0.2) is 0 Å². The number of fused-ring (bicyclic) bond motifs is 1. The molecule has 3 aromatic rings. The Morgan fingerprint density at radius 2 is 2.13 bits per heavy atom. The zero-order chi connectivity index (χ0) is 16.2. The third kappa shape index (κ3) is 3.31. The van der Waals surface area contributed by atoms with Crippen molar-refractivity contribution in [2.24, 2.45) is 0 Å². The fourth-order valence-corrected chi connectivity index (χ4v) is 2.29. The normalized spacial score (nSPS) is 12.1. The maximum Gasteiger partial charge on any atom is 0.259 e. The highest BCUT2D eigenvalue weighted by Gasteiger charge is 2.11. The lowest BCUT2D eigenvalue weighted by Gasteiger charge is -2.15. The van der Waals surface area contributed by atoms with Crippen molar-refractivity contribution in [1.29, 1.82) is 0 Å². The first-order valence-electron chi connectivity index (χ1n) is 7.64. The molecular weight excluding hydrogens is 290 g/mol. The fourth-order valence-electron chi connectivity index (χ4n) is 2.29. The number of H-pyrrole nitrogens is 1. The second kappa shape index (κ2) is 6.48. The van der Waals surface area contributed by atoms with Gasteiger partial charge in [0.2, 0.25) is 0 Å². The number of rotatable bonds is 5. The highest BCUT2D eigenvalue weighted by molar-refractivity contribution is 5.93. The highest BCUT2D eigenvalue weighted by Crippen LogP contribution is 2.24. The maximum absolute atomic E-state index is 12.2. The molecule has 0 saturated heterocycles. The van der Waals surface area contributed by atoms with Crippen molar-refractivity contribution >= 4 is 28.2 Å². The maximum atomic E-state index is 12.2. The number of pyridine rings is 3. The minimum Gasteiger partial charge on any atom is -0.367 e. The van der Waals surface area contributed by atoms with Crippen LogP contribution in [0.3, 0.4) is 0 Å². The number of nitrogens with one attached hydrogen (secondary N) is 3. The van der Waals surface area contributed by atoms with Crippen molar-refractivity contribution in [3.8, 4) is 0 Å². The highest BCUT2D eigenvalue weighted by atomic mass is 16.1. The molecular formula is C17H19N5O. The Labute approximate surface area is 134 Å².